The average Bonchev–Trinajstić information content (AvgIpc) is 3.00. The Labute approximate surface area is 131 Å². The lowest BCUT2D eigenvalue weighted by molar-refractivity contribution is 0.0720. The van der Waals surface area contributed by atoms with E-state index >= 15 is 0 Å². The maximum atomic E-state index is 10.1. The van der Waals surface area contributed by atoms with E-state index in [-0.39, 0.29) is 12.1 Å². The van der Waals surface area contributed by atoms with Crippen molar-refractivity contribution < 1.29 is 9.84 Å². The second-order valence-electron chi connectivity index (χ2n) is 6.71. The fourth-order valence-electron chi connectivity index (χ4n) is 3.15. The highest BCUT2D eigenvalue weighted by Crippen LogP contribution is 2.19. The Hall–Kier alpha value is -0.120. The van der Waals surface area contributed by atoms with Gasteiger partial charge in [0.2, 0.25) is 0 Å². The zero-order valence-electron chi connectivity index (χ0n) is 14.1. The van der Waals surface area contributed by atoms with Gasteiger partial charge in [0.15, 0.2) is 0 Å². The molecule has 1 aliphatic heterocycles. The van der Waals surface area contributed by atoms with Gasteiger partial charge in [0.25, 0.3) is 0 Å². The molecule has 1 rings (SSSR count). The van der Waals surface area contributed by atoms with Crippen molar-refractivity contribution in [3.8, 4) is 0 Å². The predicted molar refractivity (Wildman–Crippen MR) is 89.4 cm³/mol. The van der Waals surface area contributed by atoms with E-state index in [9.17, 15) is 5.11 Å². The number of hydrogen-bond donors (Lipinski definition) is 2. The van der Waals surface area contributed by atoms with Crippen LogP contribution in [-0.4, -0.2) is 30.0 Å². The zero-order chi connectivity index (χ0) is 15.3. The third-order valence-corrected chi connectivity index (χ3v) is 4.69. The van der Waals surface area contributed by atoms with Crippen LogP contribution in [0.1, 0.15) is 90.4 Å². The van der Waals surface area contributed by atoms with Gasteiger partial charge in [-0.2, -0.15) is 0 Å². The van der Waals surface area contributed by atoms with Crippen LogP contribution in [0, 0.1) is 0 Å². The highest BCUT2D eigenvalue weighted by atomic mass is 16.5. The first-order valence-electron chi connectivity index (χ1n) is 9.29. The molecule has 3 N–H and O–H groups in total. The molecule has 3 atom stereocenters. The van der Waals surface area contributed by atoms with Crippen molar-refractivity contribution in [2.45, 2.75) is 109 Å². The molecule has 3 unspecified atom stereocenters. The van der Waals surface area contributed by atoms with Gasteiger partial charge in [-0.1, -0.05) is 58.3 Å². The summed E-state index contributed by atoms with van der Waals surface area (Å²) in [6.45, 7) is 3.15. The lowest BCUT2D eigenvalue weighted by Gasteiger charge is -2.20. The summed E-state index contributed by atoms with van der Waals surface area (Å²) in [5, 5.41) is 10.1. The van der Waals surface area contributed by atoms with E-state index in [1.807, 2.05) is 0 Å². The number of ether oxygens (including phenoxy) is 1. The van der Waals surface area contributed by atoms with Gasteiger partial charge in [0.05, 0.1) is 12.2 Å². The molecule has 0 aromatic rings. The maximum Gasteiger partial charge on any atom is 0.0692 e. The molecule has 0 spiro atoms. The number of rotatable bonds is 13. The van der Waals surface area contributed by atoms with E-state index in [0.717, 1.165) is 38.7 Å². The molecule has 3 heteroatoms. The van der Waals surface area contributed by atoms with Gasteiger partial charge in [0, 0.05) is 12.6 Å². The highest BCUT2D eigenvalue weighted by Gasteiger charge is 2.19. The summed E-state index contributed by atoms with van der Waals surface area (Å²) in [4.78, 5) is 0. The van der Waals surface area contributed by atoms with Gasteiger partial charge in [-0.25, -0.2) is 0 Å². The first-order chi connectivity index (χ1) is 10.2. The van der Waals surface area contributed by atoms with E-state index in [0.29, 0.717) is 6.10 Å². The molecule has 1 heterocycles. The van der Waals surface area contributed by atoms with Gasteiger partial charge >= 0.3 is 0 Å². The molecule has 126 valence electrons. The van der Waals surface area contributed by atoms with E-state index < -0.39 is 0 Å². The summed E-state index contributed by atoms with van der Waals surface area (Å²) < 4.78 is 5.58. The van der Waals surface area contributed by atoms with Crippen LogP contribution in [-0.2, 0) is 4.74 Å². The molecule has 0 amide bonds. The topological polar surface area (TPSA) is 55.5 Å². The van der Waals surface area contributed by atoms with Crippen LogP contribution in [0.25, 0.3) is 0 Å². The third kappa shape index (κ3) is 9.49. The maximum absolute atomic E-state index is 10.1. The Morgan fingerprint density at radius 2 is 1.71 bits per heavy atom. The molecule has 0 aromatic carbocycles. The average molecular weight is 299 g/mol. The van der Waals surface area contributed by atoms with Gasteiger partial charge in [-0.3, -0.25) is 0 Å². The molecule has 0 saturated carbocycles. The molecule has 3 nitrogen and oxygen atoms in total. The lowest BCUT2D eigenvalue weighted by Crippen LogP contribution is -2.35. The fraction of sp³-hybridized carbons (Fsp3) is 1.00. The summed E-state index contributed by atoms with van der Waals surface area (Å²) >= 11 is 0. The Morgan fingerprint density at radius 1 is 1.05 bits per heavy atom. The molecule has 1 saturated heterocycles. The molecule has 21 heavy (non-hydrogen) atoms. The van der Waals surface area contributed by atoms with E-state index in [1.54, 1.807) is 0 Å². The number of aliphatic hydroxyl groups is 1. The van der Waals surface area contributed by atoms with Crippen molar-refractivity contribution >= 4 is 0 Å². The van der Waals surface area contributed by atoms with Crippen molar-refractivity contribution in [1.82, 2.24) is 0 Å². The fourth-order valence-corrected chi connectivity index (χ4v) is 3.15. The summed E-state index contributed by atoms with van der Waals surface area (Å²) in [7, 11) is 0. The van der Waals surface area contributed by atoms with Crippen molar-refractivity contribution in [2.75, 3.05) is 6.61 Å². The van der Waals surface area contributed by atoms with Gasteiger partial charge in [-0.15, -0.1) is 0 Å². The van der Waals surface area contributed by atoms with Crippen LogP contribution < -0.4 is 5.73 Å². The minimum absolute atomic E-state index is 0.0495. The minimum Gasteiger partial charge on any atom is -0.392 e. The van der Waals surface area contributed by atoms with Gasteiger partial charge in [-0.05, 0) is 32.1 Å². The normalized spacial score (nSPS) is 21.6. The first-order valence-corrected chi connectivity index (χ1v) is 9.29. The molecule has 0 aromatic heterocycles. The standard InChI is InChI=1S/C18H37NO2/c1-2-3-4-5-6-7-8-9-12-17(19)18(20)14-13-16-11-10-15-21-16/h16-18,20H,2-15,19H2,1H3. The molecule has 0 radical (unpaired) electrons. The Balaban J connectivity index is 1.90. The quantitative estimate of drug-likeness (QED) is 0.502. The Kier molecular flexibility index (Phi) is 11.2. The van der Waals surface area contributed by atoms with Crippen LogP contribution >= 0.6 is 0 Å². The SMILES string of the molecule is CCCCCCCCCCC(N)C(O)CCC1CCCO1. The van der Waals surface area contributed by atoms with Crippen molar-refractivity contribution in [2.24, 2.45) is 5.73 Å². The van der Waals surface area contributed by atoms with Gasteiger partial charge in [0.1, 0.15) is 0 Å². The number of nitrogens with two attached hydrogens (primary N) is 1. The largest absolute Gasteiger partial charge is 0.392 e. The number of aliphatic hydroxyl groups excluding tert-OH is 1. The van der Waals surface area contributed by atoms with Crippen LogP contribution in [0.5, 0.6) is 0 Å². The highest BCUT2D eigenvalue weighted by molar-refractivity contribution is 4.75. The molecular formula is C18H37NO2. The van der Waals surface area contributed by atoms with Crippen molar-refractivity contribution in [3.63, 3.8) is 0 Å². The minimum atomic E-state index is -0.348. The smallest absolute Gasteiger partial charge is 0.0692 e. The van der Waals surface area contributed by atoms with E-state index in [1.165, 1.54) is 51.4 Å². The van der Waals surface area contributed by atoms with Crippen LogP contribution in [0.4, 0.5) is 0 Å². The number of unbranched alkanes of at least 4 members (excludes halogenated alkanes) is 7. The molecule has 1 aliphatic rings. The Bertz CT molecular complexity index is 229. The molecule has 0 bridgehead atoms. The van der Waals surface area contributed by atoms with Crippen LogP contribution in [0.3, 0.4) is 0 Å². The number of hydrogen-bond acceptors (Lipinski definition) is 3. The molecule has 1 fully saturated rings. The summed E-state index contributed by atoms with van der Waals surface area (Å²) in [6.07, 6.45) is 15.6. The van der Waals surface area contributed by atoms with E-state index in [2.05, 4.69) is 6.92 Å². The summed E-state index contributed by atoms with van der Waals surface area (Å²) in [5.74, 6) is 0. The zero-order valence-corrected chi connectivity index (χ0v) is 14.1. The van der Waals surface area contributed by atoms with Crippen molar-refractivity contribution in [3.05, 3.63) is 0 Å². The van der Waals surface area contributed by atoms with Crippen LogP contribution in [0.2, 0.25) is 0 Å². The summed E-state index contributed by atoms with van der Waals surface area (Å²) in [5.41, 5.74) is 6.09. The second-order valence-corrected chi connectivity index (χ2v) is 6.71. The molecule has 0 aliphatic carbocycles. The molecular weight excluding hydrogens is 262 g/mol. The van der Waals surface area contributed by atoms with Gasteiger partial charge < -0.3 is 15.6 Å². The second kappa shape index (κ2) is 12.4. The van der Waals surface area contributed by atoms with Crippen molar-refractivity contribution in [1.29, 1.82) is 0 Å². The third-order valence-electron chi connectivity index (χ3n) is 4.69. The first kappa shape index (κ1) is 18.9. The Morgan fingerprint density at radius 3 is 2.33 bits per heavy atom. The summed E-state index contributed by atoms with van der Waals surface area (Å²) in [6, 6.07) is -0.0495. The monoisotopic (exact) mass is 299 g/mol. The lowest BCUT2D eigenvalue weighted by atomic mass is 9.98. The predicted octanol–water partition coefficient (Wildman–Crippen LogP) is 4.16. The van der Waals surface area contributed by atoms with Crippen LogP contribution in [0.15, 0.2) is 0 Å². The van der Waals surface area contributed by atoms with E-state index in [4.69, 9.17) is 10.5 Å².